The lowest BCUT2D eigenvalue weighted by molar-refractivity contribution is -0.136. The Morgan fingerprint density at radius 3 is 2.59 bits per heavy atom. The molecule has 7 heteroatoms. The Labute approximate surface area is 131 Å². The van der Waals surface area contributed by atoms with Gasteiger partial charge < -0.3 is 15.5 Å². The molecule has 1 aliphatic heterocycles. The van der Waals surface area contributed by atoms with Gasteiger partial charge in [-0.1, -0.05) is 6.92 Å². The Balaban J connectivity index is 1.76. The largest absolute Gasteiger partial charge is 0.345 e. The molecule has 22 heavy (non-hydrogen) atoms. The van der Waals surface area contributed by atoms with Gasteiger partial charge in [0.25, 0.3) is 0 Å². The Bertz CT molecular complexity index is 506. The molecule has 2 N–H and O–H groups in total. The highest BCUT2D eigenvalue weighted by Gasteiger charge is 2.23. The predicted molar refractivity (Wildman–Crippen MR) is 84.4 cm³/mol. The van der Waals surface area contributed by atoms with Crippen LogP contribution in [0.5, 0.6) is 0 Å². The van der Waals surface area contributed by atoms with Crippen molar-refractivity contribution < 1.29 is 9.59 Å². The van der Waals surface area contributed by atoms with E-state index in [1.807, 2.05) is 6.92 Å². The number of likely N-dealkylation sites (tertiary alicyclic amines) is 1. The second-order valence-corrected chi connectivity index (χ2v) is 5.63. The summed E-state index contributed by atoms with van der Waals surface area (Å²) in [6.07, 6.45) is 6.18. The van der Waals surface area contributed by atoms with Crippen molar-refractivity contribution in [1.82, 2.24) is 20.0 Å². The van der Waals surface area contributed by atoms with Gasteiger partial charge in [0.15, 0.2) is 0 Å². The van der Waals surface area contributed by atoms with E-state index in [-0.39, 0.29) is 6.04 Å². The number of piperidine rings is 1. The number of anilines is 1. The Hall–Kier alpha value is -1.89. The first-order valence-corrected chi connectivity index (χ1v) is 7.99. The van der Waals surface area contributed by atoms with E-state index in [0.717, 1.165) is 45.4 Å². The normalized spacial score (nSPS) is 16.5. The van der Waals surface area contributed by atoms with Crippen LogP contribution in [0.15, 0.2) is 12.4 Å². The molecule has 1 saturated heterocycles. The van der Waals surface area contributed by atoms with E-state index >= 15 is 0 Å². The van der Waals surface area contributed by atoms with Crippen LogP contribution in [0.4, 0.5) is 5.69 Å². The monoisotopic (exact) mass is 307 g/mol. The molecule has 0 atom stereocenters. The summed E-state index contributed by atoms with van der Waals surface area (Å²) in [7, 11) is 0. The van der Waals surface area contributed by atoms with E-state index in [1.165, 1.54) is 6.20 Å². The molecule has 1 aliphatic rings. The van der Waals surface area contributed by atoms with Crippen molar-refractivity contribution in [3.63, 3.8) is 0 Å². The molecule has 0 unspecified atom stereocenters. The van der Waals surface area contributed by atoms with Gasteiger partial charge in [-0.15, -0.1) is 0 Å². The molecule has 0 aromatic carbocycles. The lowest BCUT2D eigenvalue weighted by Gasteiger charge is -2.31. The summed E-state index contributed by atoms with van der Waals surface area (Å²) in [5.41, 5.74) is 0.541. The maximum absolute atomic E-state index is 11.9. The van der Waals surface area contributed by atoms with Crippen LogP contribution < -0.4 is 10.6 Å². The van der Waals surface area contributed by atoms with E-state index in [4.69, 9.17) is 0 Å². The summed E-state index contributed by atoms with van der Waals surface area (Å²) >= 11 is 0. The van der Waals surface area contributed by atoms with Crippen molar-refractivity contribution in [3.8, 4) is 0 Å². The molecule has 1 aromatic heterocycles. The summed E-state index contributed by atoms with van der Waals surface area (Å²) in [5, 5.41) is 9.44. The van der Waals surface area contributed by atoms with Crippen molar-refractivity contribution in [1.29, 1.82) is 0 Å². The number of aryl methyl sites for hydroxylation is 1. The third kappa shape index (κ3) is 4.56. The molecule has 1 aromatic rings. The molecule has 0 bridgehead atoms. The number of nitrogens with zero attached hydrogens (tertiary/aromatic N) is 3. The van der Waals surface area contributed by atoms with Gasteiger partial charge in [0, 0.05) is 31.9 Å². The standard InChI is InChI=1S/C15H25N5O2/c1-3-7-19-8-5-12(6-9-19)17-14(21)15(22)18-13-10-16-20(4-2)11-13/h10-12H,3-9H2,1-2H3,(H,17,21)(H,18,22). The van der Waals surface area contributed by atoms with Crippen LogP contribution in [0.25, 0.3) is 0 Å². The number of nitrogens with one attached hydrogen (secondary N) is 2. The van der Waals surface area contributed by atoms with Crippen molar-refractivity contribution in [2.75, 3.05) is 25.0 Å². The van der Waals surface area contributed by atoms with Crippen LogP contribution in [0, 0.1) is 0 Å². The first kappa shape index (κ1) is 16.5. The highest BCUT2D eigenvalue weighted by Crippen LogP contribution is 2.11. The number of amides is 2. The van der Waals surface area contributed by atoms with Crippen molar-refractivity contribution >= 4 is 17.5 Å². The summed E-state index contributed by atoms with van der Waals surface area (Å²) in [4.78, 5) is 26.2. The summed E-state index contributed by atoms with van der Waals surface area (Å²) in [6, 6.07) is 0.0877. The predicted octanol–water partition coefficient (Wildman–Crippen LogP) is 0.832. The highest BCUT2D eigenvalue weighted by atomic mass is 16.2. The highest BCUT2D eigenvalue weighted by molar-refractivity contribution is 6.39. The van der Waals surface area contributed by atoms with Gasteiger partial charge in [0.2, 0.25) is 0 Å². The number of hydrogen-bond donors (Lipinski definition) is 2. The van der Waals surface area contributed by atoms with Crippen LogP contribution in [-0.4, -0.2) is 52.2 Å². The molecule has 0 radical (unpaired) electrons. The lowest BCUT2D eigenvalue weighted by Crippen LogP contribution is -2.47. The van der Waals surface area contributed by atoms with E-state index in [0.29, 0.717) is 5.69 Å². The molecule has 2 rings (SSSR count). The van der Waals surface area contributed by atoms with E-state index in [2.05, 4.69) is 27.6 Å². The van der Waals surface area contributed by atoms with Crippen LogP contribution in [-0.2, 0) is 16.1 Å². The van der Waals surface area contributed by atoms with Crippen molar-refractivity contribution in [3.05, 3.63) is 12.4 Å². The second kappa shape index (κ2) is 7.93. The molecule has 0 aliphatic carbocycles. The lowest BCUT2D eigenvalue weighted by atomic mass is 10.0. The summed E-state index contributed by atoms with van der Waals surface area (Å²) in [5.74, 6) is -1.20. The fourth-order valence-electron chi connectivity index (χ4n) is 2.66. The Kier molecular flexibility index (Phi) is 5.94. The van der Waals surface area contributed by atoms with Gasteiger partial charge in [-0.3, -0.25) is 14.3 Å². The van der Waals surface area contributed by atoms with Crippen molar-refractivity contribution in [2.24, 2.45) is 0 Å². The van der Waals surface area contributed by atoms with Gasteiger partial charge in [0.05, 0.1) is 11.9 Å². The zero-order valence-corrected chi connectivity index (χ0v) is 13.3. The van der Waals surface area contributed by atoms with Gasteiger partial charge in [-0.05, 0) is 32.7 Å². The summed E-state index contributed by atoms with van der Waals surface area (Å²) in [6.45, 7) is 7.89. The molecule has 1 fully saturated rings. The van der Waals surface area contributed by atoms with Crippen LogP contribution in [0.3, 0.4) is 0 Å². The minimum atomic E-state index is -0.633. The zero-order chi connectivity index (χ0) is 15.9. The average Bonchev–Trinajstić information content (AvgIpc) is 2.97. The minimum Gasteiger partial charge on any atom is -0.345 e. The molecule has 0 spiro atoms. The van der Waals surface area contributed by atoms with E-state index < -0.39 is 11.8 Å². The van der Waals surface area contributed by atoms with Crippen molar-refractivity contribution in [2.45, 2.75) is 45.7 Å². The third-order valence-corrected chi connectivity index (χ3v) is 3.88. The number of hydrogen-bond acceptors (Lipinski definition) is 4. The molecular weight excluding hydrogens is 282 g/mol. The van der Waals surface area contributed by atoms with Gasteiger partial charge in [0.1, 0.15) is 0 Å². The molecule has 0 saturated carbocycles. The Morgan fingerprint density at radius 1 is 1.27 bits per heavy atom. The number of carbonyl (C=O) groups is 2. The fourth-order valence-corrected chi connectivity index (χ4v) is 2.66. The first-order valence-electron chi connectivity index (χ1n) is 7.99. The molecule has 122 valence electrons. The fraction of sp³-hybridized carbons (Fsp3) is 0.667. The smallest absolute Gasteiger partial charge is 0.313 e. The quantitative estimate of drug-likeness (QED) is 0.790. The second-order valence-electron chi connectivity index (χ2n) is 5.63. The number of rotatable bonds is 5. The maximum Gasteiger partial charge on any atom is 0.313 e. The van der Waals surface area contributed by atoms with Gasteiger partial charge in [-0.25, -0.2) is 0 Å². The molecule has 2 heterocycles. The maximum atomic E-state index is 11.9. The van der Waals surface area contributed by atoms with Crippen LogP contribution >= 0.6 is 0 Å². The molecular formula is C15H25N5O2. The average molecular weight is 307 g/mol. The van der Waals surface area contributed by atoms with E-state index in [9.17, 15) is 9.59 Å². The topological polar surface area (TPSA) is 79.3 Å². The van der Waals surface area contributed by atoms with Gasteiger partial charge in [-0.2, -0.15) is 5.10 Å². The number of aromatic nitrogens is 2. The Morgan fingerprint density at radius 2 is 2.00 bits per heavy atom. The van der Waals surface area contributed by atoms with Crippen LogP contribution in [0.2, 0.25) is 0 Å². The first-order chi connectivity index (χ1) is 10.6. The summed E-state index contributed by atoms with van der Waals surface area (Å²) < 4.78 is 1.69. The third-order valence-electron chi connectivity index (χ3n) is 3.88. The molecule has 2 amide bonds. The number of carbonyl (C=O) groups excluding carboxylic acids is 2. The van der Waals surface area contributed by atoms with Gasteiger partial charge >= 0.3 is 11.8 Å². The minimum absolute atomic E-state index is 0.0877. The van der Waals surface area contributed by atoms with E-state index in [1.54, 1.807) is 10.9 Å². The zero-order valence-electron chi connectivity index (χ0n) is 13.3. The molecule has 7 nitrogen and oxygen atoms in total. The van der Waals surface area contributed by atoms with Crippen LogP contribution in [0.1, 0.15) is 33.1 Å². The SMILES string of the molecule is CCCN1CCC(NC(=O)C(=O)Nc2cnn(CC)c2)CC1.